The zero-order valence-electron chi connectivity index (χ0n) is 10.9. The van der Waals surface area contributed by atoms with Gasteiger partial charge in [0.15, 0.2) is 9.84 Å². The number of sulfone groups is 1. The number of hydrogen-bond acceptors (Lipinski definition) is 4. The molecule has 6 nitrogen and oxygen atoms in total. The van der Waals surface area contributed by atoms with Gasteiger partial charge in [-0.05, 0) is 18.3 Å². The second-order valence-electron chi connectivity index (χ2n) is 5.82. The Kier molecular flexibility index (Phi) is 3.12. The summed E-state index contributed by atoms with van der Waals surface area (Å²) in [7, 11) is -3.04. The molecule has 0 spiro atoms. The third-order valence-corrected chi connectivity index (χ3v) is 6.29. The second-order valence-corrected chi connectivity index (χ2v) is 8.12. The molecule has 2 fully saturated rings. The van der Waals surface area contributed by atoms with E-state index in [9.17, 15) is 23.1 Å². The number of aliphatic carboxylic acids is 1. The SMILES string of the molecule is O=C(O)C1C2C=CC(C2)C1C(=O)N1CCS(=O)(=O)CC1. The predicted molar refractivity (Wildman–Crippen MR) is 70.6 cm³/mol. The Morgan fingerprint density at radius 2 is 1.60 bits per heavy atom. The van der Waals surface area contributed by atoms with Crippen LogP contribution >= 0.6 is 0 Å². The van der Waals surface area contributed by atoms with Crippen LogP contribution in [-0.4, -0.2) is 54.9 Å². The Balaban J connectivity index is 1.77. The Morgan fingerprint density at radius 3 is 2.15 bits per heavy atom. The summed E-state index contributed by atoms with van der Waals surface area (Å²) in [5.41, 5.74) is 0. The van der Waals surface area contributed by atoms with Crippen molar-refractivity contribution in [2.75, 3.05) is 24.6 Å². The topological polar surface area (TPSA) is 91.8 Å². The van der Waals surface area contributed by atoms with Gasteiger partial charge in [0.05, 0.1) is 23.3 Å². The van der Waals surface area contributed by atoms with E-state index in [0.29, 0.717) is 0 Å². The standard InChI is InChI=1S/C13H17NO5S/c15-12(14-3-5-20(18,19)6-4-14)10-8-1-2-9(7-8)11(10)13(16)17/h1-2,8-11H,3-7H2,(H,16,17). The summed E-state index contributed by atoms with van der Waals surface area (Å²) >= 11 is 0. The molecule has 0 aromatic carbocycles. The van der Waals surface area contributed by atoms with Crippen LogP contribution in [0.5, 0.6) is 0 Å². The van der Waals surface area contributed by atoms with Crippen LogP contribution in [0.25, 0.3) is 0 Å². The van der Waals surface area contributed by atoms with Crippen LogP contribution in [0.3, 0.4) is 0 Å². The molecule has 20 heavy (non-hydrogen) atoms. The maximum atomic E-state index is 12.6. The molecule has 1 saturated heterocycles. The normalized spacial score (nSPS) is 38.1. The zero-order valence-corrected chi connectivity index (χ0v) is 11.8. The number of carboxylic acids is 1. The van der Waals surface area contributed by atoms with Crippen LogP contribution < -0.4 is 0 Å². The van der Waals surface area contributed by atoms with Crippen molar-refractivity contribution in [2.45, 2.75) is 6.42 Å². The highest BCUT2D eigenvalue weighted by molar-refractivity contribution is 7.91. The molecule has 1 heterocycles. The lowest BCUT2D eigenvalue weighted by Crippen LogP contribution is -2.49. The summed E-state index contributed by atoms with van der Waals surface area (Å²) in [5, 5.41) is 9.34. The summed E-state index contributed by atoms with van der Waals surface area (Å²) in [5.74, 6) is -2.40. The van der Waals surface area contributed by atoms with E-state index in [1.54, 1.807) is 0 Å². The van der Waals surface area contributed by atoms with Crippen LogP contribution in [-0.2, 0) is 19.4 Å². The van der Waals surface area contributed by atoms with Crippen molar-refractivity contribution in [3.63, 3.8) is 0 Å². The highest BCUT2D eigenvalue weighted by atomic mass is 32.2. The summed E-state index contributed by atoms with van der Waals surface area (Å²) in [6.45, 7) is 0.371. The van der Waals surface area contributed by atoms with Gasteiger partial charge in [-0.2, -0.15) is 0 Å². The number of carbonyl (C=O) groups is 2. The molecule has 2 bridgehead atoms. The minimum absolute atomic E-state index is 0.00728. The van der Waals surface area contributed by atoms with Crippen LogP contribution in [0.1, 0.15) is 6.42 Å². The van der Waals surface area contributed by atoms with Crippen molar-refractivity contribution < 1.29 is 23.1 Å². The molecule has 3 rings (SSSR count). The summed E-state index contributed by atoms with van der Waals surface area (Å²) < 4.78 is 22.8. The van der Waals surface area contributed by atoms with Crippen LogP contribution in [0.2, 0.25) is 0 Å². The van der Waals surface area contributed by atoms with Gasteiger partial charge in [0.1, 0.15) is 0 Å². The minimum Gasteiger partial charge on any atom is -0.481 e. The fraction of sp³-hybridized carbons (Fsp3) is 0.692. The van der Waals surface area contributed by atoms with E-state index in [-0.39, 0.29) is 42.3 Å². The smallest absolute Gasteiger partial charge is 0.307 e. The van der Waals surface area contributed by atoms with Crippen molar-refractivity contribution in [1.29, 1.82) is 0 Å². The molecule has 1 N–H and O–H groups in total. The number of nitrogens with zero attached hydrogens (tertiary/aromatic N) is 1. The van der Waals surface area contributed by atoms with E-state index < -0.39 is 27.6 Å². The molecule has 4 atom stereocenters. The van der Waals surface area contributed by atoms with Gasteiger partial charge in [0, 0.05) is 13.1 Å². The van der Waals surface area contributed by atoms with Crippen molar-refractivity contribution >= 4 is 21.7 Å². The minimum atomic E-state index is -3.04. The van der Waals surface area contributed by atoms with Crippen molar-refractivity contribution in [3.8, 4) is 0 Å². The van der Waals surface area contributed by atoms with E-state index in [1.807, 2.05) is 12.2 Å². The molecule has 110 valence electrons. The Hall–Kier alpha value is -1.37. The molecular formula is C13H17NO5S. The molecule has 0 radical (unpaired) electrons. The monoisotopic (exact) mass is 299 g/mol. The van der Waals surface area contributed by atoms with Gasteiger partial charge in [0.25, 0.3) is 0 Å². The average Bonchev–Trinajstić information content (AvgIpc) is 2.97. The third-order valence-electron chi connectivity index (χ3n) is 4.69. The van der Waals surface area contributed by atoms with E-state index in [0.717, 1.165) is 6.42 Å². The maximum absolute atomic E-state index is 12.6. The summed E-state index contributed by atoms with van der Waals surface area (Å²) in [6.07, 6.45) is 4.56. The highest BCUT2D eigenvalue weighted by Gasteiger charge is 2.52. The molecule has 1 aliphatic heterocycles. The van der Waals surface area contributed by atoms with Gasteiger partial charge in [0.2, 0.25) is 5.91 Å². The summed E-state index contributed by atoms with van der Waals surface area (Å²) in [4.78, 5) is 25.5. The van der Waals surface area contributed by atoms with Crippen molar-refractivity contribution in [3.05, 3.63) is 12.2 Å². The maximum Gasteiger partial charge on any atom is 0.307 e. The third kappa shape index (κ3) is 2.13. The van der Waals surface area contributed by atoms with Crippen molar-refractivity contribution in [2.24, 2.45) is 23.7 Å². The highest BCUT2D eigenvalue weighted by Crippen LogP contribution is 2.48. The van der Waals surface area contributed by atoms with Gasteiger partial charge in [-0.15, -0.1) is 0 Å². The van der Waals surface area contributed by atoms with E-state index in [2.05, 4.69) is 0 Å². The molecule has 4 unspecified atom stereocenters. The van der Waals surface area contributed by atoms with Crippen LogP contribution in [0, 0.1) is 23.7 Å². The van der Waals surface area contributed by atoms with Gasteiger partial charge < -0.3 is 10.0 Å². The fourth-order valence-electron chi connectivity index (χ4n) is 3.64. The molecule has 0 aromatic heterocycles. The number of rotatable bonds is 2. The Bertz CT molecular complexity index is 568. The van der Waals surface area contributed by atoms with Gasteiger partial charge in [-0.25, -0.2) is 8.42 Å². The molecular weight excluding hydrogens is 282 g/mol. The Morgan fingerprint density at radius 1 is 1.05 bits per heavy atom. The van der Waals surface area contributed by atoms with Crippen LogP contribution in [0.4, 0.5) is 0 Å². The number of allylic oxidation sites excluding steroid dienone is 2. The lowest BCUT2D eigenvalue weighted by Gasteiger charge is -2.33. The first kappa shape index (κ1) is 13.6. The number of hydrogen-bond donors (Lipinski definition) is 1. The van der Waals surface area contributed by atoms with Crippen LogP contribution in [0.15, 0.2) is 12.2 Å². The molecule has 2 aliphatic carbocycles. The van der Waals surface area contributed by atoms with Crippen molar-refractivity contribution in [1.82, 2.24) is 4.90 Å². The number of carbonyl (C=O) groups excluding carboxylic acids is 1. The molecule has 1 saturated carbocycles. The lowest BCUT2D eigenvalue weighted by atomic mass is 9.82. The summed E-state index contributed by atoms with van der Waals surface area (Å²) in [6, 6.07) is 0. The molecule has 7 heteroatoms. The Labute approximate surface area is 117 Å². The average molecular weight is 299 g/mol. The first-order valence-electron chi connectivity index (χ1n) is 6.79. The van der Waals surface area contributed by atoms with Gasteiger partial charge in [-0.3, -0.25) is 9.59 Å². The molecule has 1 amide bonds. The zero-order chi connectivity index (χ0) is 14.5. The number of fused-ring (bicyclic) bond motifs is 2. The van der Waals surface area contributed by atoms with Gasteiger partial charge >= 0.3 is 5.97 Å². The van der Waals surface area contributed by atoms with E-state index in [1.165, 1.54) is 4.90 Å². The van der Waals surface area contributed by atoms with E-state index in [4.69, 9.17) is 0 Å². The molecule has 3 aliphatic rings. The first-order chi connectivity index (χ1) is 9.39. The second kappa shape index (κ2) is 4.58. The predicted octanol–water partition coefficient (Wildman–Crippen LogP) is -0.234. The first-order valence-corrected chi connectivity index (χ1v) is 8.61. The number of amides is 1. The quantitative estimate of drug-likeness (QED) is 0.711. The van der Waals surface area contributed by atoms with E-state index >= 15 is 0 Å². The molecule has 0 aromatic rings. The van der Waals surface area contributed by atoms with Gasteiger partial charge in [-0.1, -0.05) is 12.2 Å². The fourth-order valence-corrected chi connectivity index (χ4v) is 4.84. The lowest BCUT2D eigenvalue weighted by molar-refractivity contribution is -0.150. The largest absolute Gasteiger partial charge is 0.481 e. The number of carboxylic acid groups (broad SMARTS) is 1.